The molecule has 0 bridgehead atoms. The lowest BCUT2D eigenvalue weighted by Crippen LogP contribution is -2.34. The van der Waals surface area contributed by atoms with Crippen LogP contribution >= 0.6 is 0 Å². The molecule has 28 heavy (non-hydrogen) atoms. The fraction of sp³-hybridized carbons (Fsp3) is 0.250. The summed E-state index contributed by atoms with van der Waals surface area (Å²) in [4.78, 5) is 38.1. The number of aryl methyl sites for hydroxylation is 1. The van der Waals surface area contributed by atoms with Crippen molar-refractivity contribution < 1.29 is 9.21 Å². The highest BCUT2D eigenvalue weighted by molar-refractivity contribution is 5.79. The highest BCUT2D eigenvalue weighted by atomic mass is 16.3. The van der Waals surface area contributed by atoms with Crippen molar-refractivity contribution in [2.75, 3.05) is 6.54 Å². The molecule has 0 saturated heterocycles. The molecule has 0 atom stereocenters. The van der Waals surface area contributed by atoms with Crippen molar-refractivity contribution in [1.29, 1.82) is 5.26 Å². The Balaban J connectivity index is 1.81. The first-order valence-corrected chi connectivity index (χ1v) is 8.76. The second-order valence-electron chi connectivity index (χ2n) is 6.17. The summed E-state index contributed by atoms with van der Waals surface area (Å²) in [6, 6.07) is 10.8. The van der Waals surface area contributed by atoms with Crippen molar-refractivity contribution in [2.45, 2.75) is 26.3 Å². The van der Waals surface area contributed by atoms with Crippen molar-refractivity contribution in [3.63, 3.8) is 0 Å². The molecule has 3 aromatic rings. The van der Waals surface area contributed by atoms with Crippen LogP contribution in [0, 0.1) is 18.3 Å². The minimum atomic E-state index is -0.375. The summed E-state index contributed by atoms with van der Waals surface area (Å²) in [7, 11) is 0. The summed E-state index contributed by atoms with van der Waals surface area (Å²) in [5.41, 5.74) is 0.941. The first kappa shape index (κ1) is 19.0. The van der Waals surface area contributed by atoms with Crippen LogP contribution in [0.2, 0.25) is 0 Å². The van der Waals surface area contributed by atoms with Crippen molar-refractivity contribution in [3.05, 3.63) is 70.2 Å². The van der Waals surface area contributed by atoms with Gasteiger partial charge in [-0.15, -0.1) is 0 Å². The van der Waals surface area contributed by atoms with Gasteiger partial charge in [-0.05, 0) is 31.2 Å². The molecule has 142 valence electrons. The minimum absolute atomic E-state index is 0.108. The van der Waals surface area contributed by atoms with E-state index in [-0.39, 0.29) is 37.4 Å². The van der Waals surface area contributed by atoms with Gasteiger partial charge in [0.2, 0.25) is 5.91 Å². The van der Waals surface area contributed by atoms with Crippen LogP contribution in [0.1, 0.15) is 23.4 Å². The van der Waals surface area contributed by atoms with Crippen LogP contribution in [0.4, 0.5) is 0 Å². The molecule has 8 heteroatoms. The molecule has 0 fully saturated rings. The maximum atomic E-state index is 12.8. The molecule has 3 heterocycles. The smallest absolute Gasteiger partial charge is 0.255 e. The summed E-state index contributed by atoms with van der Waals surface area (Å²) in [5, 5.41) is 8.86. The molecule has 0 spiro atoms. The average molecular weight is 377 g/mol. The number of hydrogen-bond acceptors (Lipinski definition) is 6. The monoisotopic (exact) mass is 377 g/mol. The number of amides is 1. The molecule has 1 N–H and O–H groups in total. The van der Waals surface area contributed by atoms with E-state index in [0.29, 0.717) is 28.5 Å². The van der Waals surface area contributed by atoms with Gasteiger partial charge in [-0.3, -0.25) is 14.6 Å². The Kier molecular flexibility index (Phi) is 5.97. The van der Waals surface area contributed by atoms with Crippen LogP contribution in [0.5, 0.6) is 0 Å². The largest absolute Gasteiger partial charge is 0.467 e. The van der Waals surface area contributed by atoms with E-state index in [1.165, 1.54) is 11.2 Å². The molecular weight excluding hydrogens is 358 g/mol. The number of aromatic amines is 1. The Hall–Kier alpha value is -3.73. The molecule has 0 radical (unpaired) electrons. The van der Waals surface area contributed by atoms with Gasteiger partial charge in [0.25, 0.3) is 5.56 Å². The number of pyridine rings is 1. The Morgan fingerprint density at radius 1 is 1.32 bits per heavy atom. The summed E-state index contributed by atoms with van der Waals surface area (Å²) >= 11 is 0. The summed E-state index contributed by atoms with van der Waals surface area (Å²) < 4.78 is 5.29. The number of aromatic nitrogens is 3. The molecule has 0 unspecified atom stereocenters. The molecular formula is C20H19N5O3. The molecule has 3 rings (SSSR count). The predicted octanol–water partition coefficient (Wildman–Crippen LogP) is 2.22. The lowest BCUT2D eigenvalue weighted by atomic mass is 10.1. The van der Waals surface area contributed by atoms with Gasteiger partial charge in [0.1, 0.15) is 11.5 Å². The predicted molar refractivity (Wildman–Crippen MR) is 101 cm³/mol. The van der Waals surface area contributed by atoms with Gasteiger partial charge in [0.15, 0.2) is 5.82 Å². The van der Waals surface area contributed by atoms with E-state index < -0.39 is 0 Å². The molecule has 8 nitrogen and oxygen atoms in total. The molecule has 3 aromatic heterocycles. The Bertz CT molecular complexity index is 1040. The van der Waals surface area contributed by atoms with Gasteiger partial charge in [-0.2, -0.15) is 5.26 Å². The van der Waals surface area contributed by atoms with Crippen molar-refractivity contribution in [2.24, 2.45) is 0 Å². The zero-order valence-electron chi connectivity index (χ0n) is 15.4. The van der Waals surface area contributed by atoms with Gasteiger partial charge < -0.3 is 14.3 Å². The van der Waals surface area contributed by atoms with Crippen LogP contribution in [0.3, 0.4) is 0 Å². The standard InChI is InChI=1S/C20H19N5O3/c1-14-16(20(27)24-19(23-14)17-7-2-3-9-22-17)12-18(26)25(10-5-8-21)13-15-6-4-11-28-15/h2-4,6-7,9,11H,5,10,12-13H2,1H3,(H,23,24,27). The van der Waals surface area contributed by atoms with E-state index in [0.717, 1.165) is 0 Å². The molecule has 1 amide bonds. The zero-order valence-corrected chi connectivity index (χ0v) is 15.4. The maximum absolute atomic E-state index is 12.8. The highest BCUT2D eigenvalue weighted by Gasteiger charge is 2.19. The van der Waals surface area contributed by atoms with Gasteiger partial charge in [0.05, 0.1) is 31.7 Å². The first-order chi connectivity index (χ1) is 13.6. The summed E-state index contributed by atoms with van der Waals surface area (Å²) in [5.74, 6) is 0.699. The van der Waals surface area contributed by atoms with E-state index in [2.05, 4.69) is 15.0 Å². The molecule has 0 aliphatic carbocycles. The van der Waals surface area contributed by atoms with Crippen LogP contribution in [0.25, 0.3) is 11.5 Å². The van der Waals surface area contributed by atoms with Crippen molar-refractivity contribution in [3.8, 4) is 17.6 Å². The third-order valence-corrected chi connectivity index (χ3v) is 4.23. The summed E-state index contributed by atoms with van der Waals surface area (Å²) in [6.07, 6.45) is 3.22. The number of nitriles is 1. The normalized spacial score (nSPS) is 10.4. The second kappa shape index (κ2) is 8.77. The third kappa shape index (κ3) is 4.51. The Morgan fingerprint density at radius 2 is 2.18 bits per heavy atom. The lowest BCUT2D eigenvalue weighted by molar-refractivity contribution is -0.131. The maximum Gasteiger partial charge on any atom is 0.255 e. The minimum Gasteiger partial charge on any atom is -0.467 e. The van der Waals surface area contributed by atoms with E-state index in [9.17, 15) is 9.59 Å². The van der Waals surface area contributed by atoms with Crippen molar-refractivity contribution >= 4 is 5.91 Å². The number of nitrogens with zero attached hydrogens (tertiary/aromatic N) is 4. The number of H-pyrrole nitrogens is 1. The molecule has 0 aromatic carbocycles. The van der Waals surface area contributed by atoms with Crippen LogP contribution < -0.4 is 5.56 Å². The van der Waals surface area contributed by atoms with Gasteiger partial charge in [-0.25, -0.2) is 4.98 Å². The van der Waals surface area contributed by atoms with Crippen LogP contribution in [0.15, 0.2) is 52.0 Å². The highest BCUT2D eigenvalue weighted by Crippen LogP contribution is 2.13. The first-order valence-electron chi connectivity index (χ1n) is 8.76. The number of carbonyl (C=O) groups is 1. The van der Waals surface area contributed by atoms with Crippen LogP contribution in [-0.2, 0) is 17.8 Å². The fourth-order valence-electron chi connectivity index (χ4n) is 2.77. The zero-order chi connectivity index (χ0) is 19.9. The van der Waals surface area contributed by atoms with Gasteiger partial charge in [0, 0.05) is 24.0 Å². The topological polar surface area (TPSA) is 116 Å². The van der Waals surface area contributed by atoms with Gasteiger partial charge in [-0.1, -0.05) is 6.07 Å². The number of nitrogens with one attached hydrogen (secondary N) is 1. The number of hydrogen-bond donors (Lipinski definition) is 1. The fourth-order valence-corrected chi connectivity index (χ4v) is 2.77. The lowest BCUT2D eigenvalue weighted by Gasteiger charge is -2.20. The van der Waals surface area contributed by atoms with E-state index in [4.69, 9.17) is 9.68 Å². The Morgan fingerprint density at radius 3 is 2.82 bits per heavy atom. The molecule has 0 aliphatic rings. The number of furan rings is 1. The van der Waals surface area contributed by atoms with E-state index in [1.807, 2.05) is 6.07 Å². The van der Waals surface area contributed by atoms with E-state index >= 15 is 0 Å². The third-order valence-electron chi connectivity index (χ3n) is 4.23. The number of rotatable bonds is 7. The van der Waals surface area contributed by atoms with E-state index in [1.54, 1.807) is 43.5 Å². The molecule has 0 saturated carbocycles. The van der Waals surface area contributed by atoms with Crippen LogP contribution in [-0.4, -0.2) is 32.3 Å². The average Bonchev–Trinajstić information content (AvgIpc) is 3.21. The number of carbonyl (C=O) groups excluding carboxylic acids is 1. The molecule has 0 aliphatic heterocycles. The SMILES string of the molecule is Cc1nc(-c2ccccn2)[nH]c(=O)c1CC(=O)N(CCC#N)Cc1ccco1. The van der Waals surface area contributed by atoms with Crippen molar-refractivity contribution in [1.82, 2.24) is 19.9 Å². The second-order valence-corrected chi connectivity index (χ2v) is 6.17. The van der Waals surface area contributed by atoms with Gasteiger partial charge >= 0.3 is 0 Å². The Labute approximate surface area is 161 Å². The summed E-state index contributed by atoms with van der Waals surface area (Å²) in [6.45, 7) is 2.19. The quantitative estimate of drug-likeness (QED) is 0.675.